The van der Waals surface area contributed by atoms with Crippen molar-refractivity contribution in [3.8, 4) is 0 Å². The Morgan fingerprint density at radius 1 is 1.39 bits per heavy atom. The van der Waals surface area contributed by atoms with Crippen molar-refractivity contribution in [1.82, 2.24) is 10.6 Å². The minimum Gasteiger partial charge on any atom is -0.469 e. The Bertz CT molecular complexity index is 402. The van der Waals surface area contributed by atoms with E-state index in [1.165, 1.54) is 0 Å². The molecule has 0 aliphatic carbocycles. The van der Waals surface area contributed by atoms with E-state index in [-0.39, 0.29) is 24.0 Å². The van der Waals surface area contributed by atoms with Gasteiger partial charge in [-0.15, -0.1) is 24.0 Å². The molecule has 134 valence electrons. The third-order valence-corrected chi connectivity index (χ3v) is 4.07. The molecular weight excluding hydrogens is 425 g/mol. The molecule has 0 spiro atoms. The third kappa shape index (κ3) is 11.7. The highest BCUT2D eigenvalue weighted by Gasteiger charge is 2.02. The third-order valence-electron chi connectivity index (χ3n) is 3.11. The van der Waals surface area contributed by atoms with Crippen LogP contribution in [0.15, 0.2) is 27.8 Å². The van der Waals surface area contributed by atoms with Crippen LogP contribution in [-0.2, 0) is 11.2 Å². The topological polar surface area (TPSA) is 58.8 Å². The van der Waals surface area contributed by atoms with Crippen molar-refractivity contribution in [3.63, 3.8) is 0 Å². The van der Waals surface area contributed by atoms with Gasteiger partial charge in [-0.25, -0.2) is 0 Å². The molecule has 1 aromatic rings. The number of aliphatic imine (C=N–C) groups is 1. The van der Waals surface area contributed by atoms with E-state index in [1.807, 2.05) is 30.8 Å². The number of nitrogens with zero attached hydrogens (tertiary/aromatic N) is 1. The van der Waals surface area contributed by atoms with Gasteiger partial charge in [0.2, 0.25) is 0 Å². The molecule has 7 heteroatoms. The monoisotopic (exact) mass is 455 g/mol. The first-order valence-corrected chi connectivity index (χ1v) is 9.20. The molecule has 1 aromatic heterocycles. The molecule has 1 heterocycles. The normalized spacial score (nSPS) is 12.6. The second-order valence-corrected chi connectivity index (χ2v) is 6.25. The lowest BCUT2D eigenvalue weighted by Crippen LogP contribution is -2.39. The van der Waals surface area contributed by atoms with Gasteiger partial charge < -0.3 is 19.8 Å². The summed E-state index contributed by atoms with van der Waals surface area (Å²) < 4.78 is 10.7. The Labute approximate surface area is 161 Å². The van der Waals surface area contributed by atoms with Crippen LogP contribution in [0, 0.1) is 0 Å². The van der Waals surface area contributed by atoms with Crippen LogP contribution in [-0.4, -0.2) is 50.3 Å². The number of hydrogen-bond acceptors (Lipinski definition) is 4. The summed E-state index contributed by atoms with van der Waals surface area (Å²) in [5, 5.41) is 7.23. The van der Waals surface area contributed by atoms with Gasteiger partial charge in [-0.05, 0) is 31.7 Å². The molecule has 1 rings (SSSR count). The smallest absolute Gasteiger partial charge is 0.191 e. The SMILES string of the molecule is CCOCCCNC(=NCC(C)SC)NCCc1ccco1.I. The molecule has 0 fully saturated rings. The van der Waals surface area contributed by atoms with Crippen molar-refractivity contribution in [2.45, 2.75) is 31.9 Å². The van der Waals surface area contributed by atoms with Crippen molar-refractivity contribution >= 4 is 41.7 Å². The molecule has 0 saturated heterocycles. The van der Waals surface area contributed by atoms with Crippen LogP contribution in [0.1, 0.15) is 26.0 Å². The number of halogens is 1. The first kappa shape index (κ1) is 22.6. The van der Waals surface area contributed by atoms with E-state index in [1.54, 1.807) is 6.26 Å². The fourth-order valence-electron chi connectivity index (χ4n) is 1.75. The molecule has 0 aliphatic heterocycles. The molecule has 5 nitrogen and oxygen atoms in total. The molecule has 1 atom stereocenters. The van der Waals surface area contributed by atoms with Gasteiger partial charge in [0.15, 0.2) is 5.96 Å². The standard InChI is InChI=1S/C16H29N3O2S.HI/c1-4-20-11-6-9-17-16(19-13-14(2)22-3)18-10-8-15-7-5-12-21-15;/h5,7,12,14H,4,6,8-11,13H2,1-3H3,(H2,17,18,19);1H. The molecule has 0 amide bonds. The van der Waals surface area contributed by atoms with E-state index < -0.39 is 0 Å². The van der Waals surface area contributed by atoms with Crippen molar-refractivity contribution in [3.05, 3.63) is 24.2 Å². The molecule has 0 radical (unpaired) electrons. The highest BCUT2D eigenvalue weighted by Crippen LogP contribution is 2.04. The van der Waals surface area contributed by atoms with Gasteiger partial charge in [0.1, 0.15) is 5.76 Å². The lowest BCUT2D eigenvalue weighted by atomic mass is 10.3. The van der Waals surface area contributed by atoms with Crippen LogP contribution >= 0.6 is 35.7 Å². The Balaban J connectivity index is 0.00000484. The number of thioether (sulfide) groups is 1. The highest BCUT2D eigenvalue weighted by atomic mass is 127. The van der Waals surface area contributed by atoms with Crippen molar-refractivity contribution in [1.29, 1.82) is 0 Å². The van der Waals surface area contributed by atoms with Crippen LogP contribution in [0.25, 0.3) is 0 Å². The first-order chi connectivity index (χ1) is 10.8. The number of hydrogen-bond donors (Lipinski definition) is 2. The Kier molecular flexibility index (Phi) is 14.9. The molecule has 0 aromatic carbocycles. The summed E-state index contributed by atoms with van der Waals surface area (Å²) in [6.07, 6.45) is 5.64. The molecule has 23 heavy (non-hydrogen) atoms. The summed E-state index contributed by atoms with van der Waals surface area (Å²) in [5.41, 5.74) is 0. The lowest BCUT2D eigenvalue weighted by Gasteiger charge is -2.13. The van der Waals surface area contributed by atoms with E-state index >= 15 is 0 Å². The summed E-state index contributed by atoms with van der Waals surface area (Å²) in [6.45, 7) is 8.23. The fraction of sp³-hybridized carbons (Fsp3) is 0.688. The quantitative estimate of drug-likeness (QED) is 0.232. The zero-order valence-corrected chi connectivity index (χ0v) is 17.5. The summed E-state index contributed by atoms with van der Waals surface area (Å²) in [6, 6.07) is 3.90. The first-order valence-electron chi connectivity index (χ1n) is 7.91. The maximum absolute atomic E-state index is 5.34. The van der Waals surface area contributed by atoms with E-state index in [4.69, 9.17) is 9.15 Å². The predicted molar refractivity (Wildman–Crippen MR) is 110 cm³/mol. The number of guanidine groups is 1. The maximum atomic E-state index is 5.34. The maximum Gasteiger partial charge on any atom is 0.191 e. The van der Waals surface area contributed by atoms with Crippen LogP contribution < -0.4 is 10.6 Å². The van der Waals surface area contributed by atoms with Gasteiger partial charge in [0.25, 0.3) is 0 Å². The molecule has 1 unspecified atom stereocenters. The second kappa shape index (κ2) is 15.1. The average molecular weight is 455 g/mol. The average Bonchev–Trinajstić information content (AvgIpc) is 3.04. The lowest BCUT2D eigenvalue weighted by molar-refractivity contribution is 0.145. The minimum atomic E-state index is 0. The van der Waals surface area contributed by atoms with E-state index in [9.17, 15) is 0 Å². The van der Waals surface area contributed by atoms with Crippen molar-refractivity contribution in [2.24, 2.45) is 4.99 Å². The van der Waals surface area contributed by atoms with Crippen LogP contribution in [0.4, 0.5) is 0 Å². The molecule has 0 aliphatic rings. The van der Waals surface area contributed by atoms with Gasteiger partial charge in [-0.3, -0.25) is 4.99 Å². The molecule has 2 N–H and O–H groups in total. The van der Waals surface area contributed by atoms with Gasteiger partial charge in [-0.1, -0.05) is 6.92 Å². The number of nitrogens with one attached hydrogen (secondary N) is 2. The van der Waals surface area contributed by atoms with Crippen LogP contribution in [0.2, 0.25) is 0 Å². The van der Waals surface area contributed by atoms with Gasteiger partial charge in [0.05, 0.1) is 12.8 Å². The fourth-order valence-corrected chi connectivity index (χ4v) is 1.98. The molecular formula is C16H30IN3O2S. The van der Waals surface area contributed by atoms with Crippen LogP contribution in [0.5, 0.6) is 0 Å². The Morgan fingerprint density at radius 3 is 2.83 bits per heavy atom. The zero-order chi connectivity index (χ0) is 16.0. The van der Waals surface area contributed by atoms with Gasteiger partial charge in [-0.2, -0.15) is 11.8 Å². The highest BCUT2D eigenvalue weighted by molar-refractivity contribution is 14.0. The number of furan rings is 1. The molecule has 0 saturated carbocycles. The minimum absolute atomic E-state index is 0. The van der Waals surface area contributed by atoms with Crippen LogP contribution in [0.3, 0.4) is 0 Å². The van der Waals surface area contributed by atoms with Crippen molar-refractivity contribution in [2.75, 3.05) is 39.1 Å². The zero-order valence-electron chi connectivity index (χ0n) is 14.3. The Morgan fingerprint density at radius 2 is 2.17 bits per heavy atom. The number of ether oxygens (including phenoxy) is 1. The summed E-state index contributed by atoms with van der Waals surface area (Å²) >= 11 is 1.83. The van der Waals surface area contributed by atoms with E-state index in [2.05, 4.69) is 28.8 Å². The predicted octanol–water partition coefficient (Wildman–Crippen LogP) is 3.15. The number of rotatable bonds is 11. The van der Waals surface area contributed by atoms with Gasteiger partial charge >= 0.3 is 0 Å². The van der Waals surface area contributed by atoms with E-state index in [0.717, 1.165) is 57.4 Å². The second-order valence-electron chi connectivity index (χ2n) is 4.97. The Hall–Kier alpha value is -0.410. The summed E-state index contributed by atoms with van der Waals surface area (Å²) in [5.74, 6) is 1.85. The van der Waals surface area contributed by atoms with Crippen molar-refractivity contribution < 1.29 is 9.15 Å². The summed E-state index contributed by atoms with van der Waals surface area (Å²) in [4.78, 5) is 4.63. The largest absolute Gasteiger partial charge is 0.469 e. The molecule has 0 bridgehead atoms. The van der Waals surface area contributed by atoms with Gasteiger partial charge in [0, 0.05) is 38.0 Å². The summed E-state index contributed by atoms with van der Waals surface area (Å²) in [7, 11) is 0. The van der Waals surface area contributed by atoms with E-state index in [0.29, 0.717) is 5.25 Å².